The summed E-state index contributed by atoms with van der Waals surface area (Å²) < 4.78 is 12.8. The van der Waals surface area contributed by atoms with Crippen molar-refractivity contribution in [2.45, 2.75) is 77.8 Å². The molecule has 0 radical (unpaired) electrons. The number of allylic oxidation sites excluding steroid dienone is 3. The average Bonchev–Trinajstić information content (AvgIpc) is 2.86. The SMILES string of the molecule is CC1=CC2OC3(C=CC(C)(C)O3)C(C)C2CCC(C)=CCC1. The van der Waals surface area contributed by atoms with E-state index in [1.54, 1.807) is 0 Å². The van der Waals surface area contributed by atoms with Gasteiger partial charge in [-0.1, -0.05) is 36.3 Å². The first-order chi connectivity index (χ1) is 10.3. The van der Waals surface area contributed by atoms with Crippen molar-refractivity contribution in [2.75, 3.05) is 0 Å². The lowest BCUT2D eigenvalue weighted by Gasteiger charge is -2.31. The van der Waals surface area contributed by atoms with Crippen molar-refractivity contribution in [1.29, 1.82) is 0 Å². The largest absolute Gasteiger partial charge is 0.338 e. The van der Waals surface area contributed by atoms with Crippen molar-refractivity contribution >= 4 is 0 Å². The third-order valence-corrected chi connectivity index (χ3v) is 5.51. The van der Waals surface area contributed by atoms with Crippen LogP contribution < -0.4 is 0 Å². The maximum atomic E-state index is 6.49. The number of ether oxygens (including phenoxy) is 2. The lowest BCUT2D eigenvalue weighted by atomic mass is 9.81. The number of fused-ring (bicyclic) bond motifs is 1. The number of hydrogen-bond acceptors (Lipinski definition) is 2. The van der Waals surface area contributed by atoms with Crippen molar-refractivity contribution in [1.82, 2.24) is 0 Å². The molecule has 1 saturated heterocycles. The second-order valence-corrected chi connectivity index (χ2v) is 7.94. The minimum Gasteiger partial charge on any atom is -0.338 e. The third-order valence-electron chi connectivity index (χ3n) is 5.51. The molecule has 0 bridgehead atoms. The molecule has 0 aromatic heterocycles. The van der Waals surface area contributed by atoms with E-state index >= 15 is 0 Å². The summed E-state index contributed by atoms with van der Waals surface area (Å²) in [5.41, 5.74) is 2.73. The molecule has 2 aliphatic heterocycles. The van der Waals surface area contributed by atoms with Gasteiger partial charge in [0.05, 0.1) is 11.7 Å². The van der Waals surface area contributed by atoms with Crippen LogP contribution in [0.5, 0.6) is 0 Å². The van der Waals surface area contributed by atoms with Gasteiger partial charge in [-0.2, -0.15) is 0 Å². The fourth-order valence-electron chi connectivity index (χ4n) is 4.07. The zero-order valence-corrected chi connectivity index (χ0v) is 14.7. The monoisotopic (exact) mass is 302 g/mol. The van der Waals surface area contributed by atoms with Gasteiger partial charge in [0.15, 0.2) is 5.79 Å². The van der Waals surface area contributed by atoms with Crippen molar-refractivity contribution in [3.63, 3.8) is 0 Å². The molecule has 2 heterocycles. The van der Waals surface area contributed by atoms with Crippen molar-refractivity contribution in [3.05, 3.63) is 35.5 Å². The summed E-state index contributed by atoms with van der Waals surface area (Å²) >= 11 is 0. The molecule has 122 valence electrons. The Bertz CT molecular complexity index is 526. The molecule has 22 heavy (non-hydrogen) atoms. The predicted octanol–water partition coefficient (Wildman–Crippen LogP) is 5.17. The molecule has 0 aromatic rings. The summed E-state index contributed by atoms with van der Waals surface area (Å²) in [7, 11) is 0. The van der Waals surface area contributed by atoms with Crippen molar-refractivity contribution < 1.29 is 9.47 Å². The number of hydrogen-bond donors (Lipinski definition) is 0. The first-order valence-electron chi connectivity index (χ1n) is 8.73. The second kappa shape index (κ2) is 5.65. The molecule has 4 unspecified atom stereocenters. The normalized spacial score (nSPS) is 41.2. The van der Waals surface area contributed by atoms with Crippen molar-refractivity contribution in [3.8, 4) is 0 Å². The van der Waals surface area contributed by atoms with Gasteiger partial charge >= 0.3 is 0 Å². The van der Waals surface area contributed by atoms with Crippen LogP contribution in [0.3, 0.4) is 0 Å². The zero-order valence-electron chi connectivity index (χ0n) is 14.7. The molecule has 0 amide bonds. The van der Waals surface area contributed by atoms with Crippen LogP contribution in [0.4, 0.5) is 0 Å². The quantitative estimate of drug-likeness (QED) is 0.575. The summed E-state index contributed by atoms with van der Waals surface area (Å²) in [6.07, 6.45) is 13.9. The van der Waals surface area contributed by atoms with Crippen LogP contribution in [0.15, 0.2) is 35.5 Å². The minimum atomic E-state index is -0.527. The van der Waals surface area contributed by atoms with E-state index in [2.05, 4.69) is 58.9 Å². The van der Waals surface area contributed by atoms with Crippen LogP contribution in [-0.4, -0.2) is 17.5 Å². The second-order valence-electron chi connectivity index (χ2n) is 7.94. The summed E-state index contributed by atoms with van der Waals surface area (Å²) in [5.74, 6) is 0.378. The van der Waals surface area contributed by atoms with Gasteiger partial charge in [-0.15, -0.1) is 0 Å². The molecule has 1 fully saturated rings. The van der Waals surface area contributed by atoms with E-state index in [-0.39, 0.29) is 11.7 Å². The third kappa shape index (κ3) is 2.96. The van der Waals surface area contributed by atoms with Crippen LogP contribution in [0.1, 0.15) is 60.3 Å². The van der Waals surface area contributed by atoms with Crippen LogP contribution in [0, 0.1) is 11.8 Å². The predicted molar refractivity (Wildman–Crippen MR) is 90.5 cm³/mol. The molecule has 4 atom stereocenters. The Hall–Kier alpha value is -0.860. The molecule has 3 rings (SSSR count). The van der Waals surface area contributed by atoms with Gasteiger partial charge in [0, 0.05) is 5.92 Å². The Balaban J connectivity index is 1.88. The summed E-state index contributed by atoms with van der Waals surface area (Å²) in [6, 6.07) is 0. The van der Waals surface area contributed by atoms with E-state index in [1.807, 2.05) is 0 Å². The topological polar surface area (TPSA) is 18.5 Å². The fraction of sp³-hybridized carbons (Fsp3) is 0.700. The lowest BCUT2D eigenvalue weighted by molar-refractivity contribution is -0.227. The summed E-state index contributed by atoms with van der Waals surface area (Å²) in [5, 5.41) is 0. The summed E-state index contributed by atoms with van der Waals surface area (Å²) in [4.78, 5) is 0. The Morgan fingerprint density at radius 1 is 1.09 bits per heavy atom. The van der Waals surface area contributed by atoms with E-state index in [1.165, 1.54) is 24.0 Å². The fourth-order valence-corrected chi connectivity index (χ4v) is 4.07. The zero-order chi connectivity index (χ0) is 16.0. The van der Waals surface area contributed by atoms with Crippen LogP contribution >= 0.6 is 0 Å². The van der Waals surface area contributed by atoms with E-state index in [9.17, 15) is 0 Å². The van der Waals surface area contributed by atoms with E-state index in [0.717, 1.165) is 12.8 Å². The molecule has 3 aliphatic rings. The molecular weight excluding hydrogens is 272 g/mol. The van der Waals surface area contributed by atoms with Crippen LogP contribution in [0.25, 0.3) is 0 Å². The van der Waals surface area contributed by atoms with Gasteiger partial charge in [0.2, 0.25) is 0 Å². The molecule has 2 nitrogen and oxygen atoms in total. The highest BCUT2D eigenvalue weighted by atomic mass is 16.7. The highest BCUT2D eigenvalue weighted by Crippen LogP contribution is 2.50. The smallest absolute Gasteiger partial charge is 0.192 e. The van der Waals surface area contributed by atoms with Crippen molar-refractivity contribution in [2.24, 2.45) is 11.8 Å². The van der Waals surface area contributed by atoms with Crippen LogP contribution in [-0.2, 0) is 9.47 Å². The Morgan fingerprint density at radius 3 is 2.55 bits per heavy atom. The van der Waals surface area contributed by atoms with Gasteiger partial charge in [-0.3, -0.25) is 0 Å². The van der Waals surface area contributed by atoms with E-state index in [0.29, 0.717) is 11.8 Å². The van der Waals surface area contributed by atoms with E-state index in [4.69, 9.17) is 9.47 Å². The molecule has 0 saturated carbocycles. The first-order valence-corrected chi connectivity index (χ1v) is 8.73. The Labute approximate surface area is 135 Å². The summed E-state index contributed by atoms with van der Waals surface area (Å²) in [6.45, 7) is 11.0. The maximum absolute atomic E-state index is 6.49. The molecule has 0 aromatic carbocycles. The average molecular weight is 302 g/mol. The van der Waals surface area contributed by atoms with Gasteiger partial charge in [0.1, 0.15) is 0 Å². The molecule has 2 heteroatoms. The highest BCUT2D eigenvalue weighted by Gasteiger charge is 2.55. The first kappa shape index (κ1) is 16.0. The van der Waals surface area contributed by atoms with Gasteiger partial charge in [0.25, 0.3) is 0 Å². The minimum absolute atomic E-state index is 0.180. The molecular formula is C20H30O2. The highest BCUT2D eigenvalue weighted by molar-refractivity contribution is 5.20. The van der Waals surface area contributed by atoms with E-state index < -0.39 is 5.79 Å². The molecule has 1 spiro atoms. The van der Waals surface area contributed by atoms with Gasteiger partial charge < -0.3 is 9.47 Å². The van der Waals surface area contributed by atoms with Gasteiger partial charge in [-0.25, -0.2) is 0 Å². The Morgan fingerprint density at radius 2 is 1.86 bits per heavy atom. The molecule has 1 aliphatic carbocycles. The van der Waals surface area contributed by atoms with Crippen LogP contribution in [0.2, 0.25) is 0 Å². The Kier molecular flexibility index (Phi) is 4.11. The maximum Gasteiger partial charge on any atom is 0.192 e. The number of rotatable bonds is 0. The lowest BCUT2D eigenvalue weighted by Crippen LogP contribution is -2.38. The van der Waals surface area contributed by atoms with Gasteiger partial charge in [-0.05, 0) is 65.4 Å². The standard InChI is InChI=1S/C20H30O2/c1-14-7-6-8-15(2)13-18-17(10-9-14)16(3)20(21-18)12-11-19(4,5)22-20/h7,11-13,16-18H,6,8-10H2,1-5H3. The molecule has 0 N–H and O–H groups in total.